The molecule has 17 nitrogen and oxygen atoms in total. The van der Waals surface area contributed by atoms with Gasteiger partial charge in [-0.15, -0.1) is 0 Å². The molecule has 0 fully saturated rings. The molecule has 6 aromatic rings. The lowest BCUT2D eigenvalue weighted by atomic mass is 10.1. The van der Waals surface area contributed by atoms with Gasteiger partial charge in [0.15, 0.2) is 5.69 Å². The Kier molecular flexibility index (Phi) is 18.0. The van der Waals surface area contributed by atoms with E-state index in [1.54, 1.807) is 32.0 Å². The monoisotopic (exact) mass is 916 g/mol. The Bertz CT molecular complexity index is 2300. The van der Waals surface area contributed by atoms with E-state index in [0.717, 1.165) is 16.8 Å². The number of carbonyl (C=O) groups excluding carboxylic acids is 3. The number of carbonyl (C=O) groups is 3. The Morgan fingerprint density at radius 1 is 0.982 bits per heavy atom. The summed E-state index contributed by atoms with van der Waals surface area (Å²) in [6.45, 7) is 8.30. The quantitative estimate of drug-likeness (QED) is 0.0789. The van der Waals surface area contributed by atoms with Gasteiger partial charge in [0.25, 0.3) is 5.91 Å². The highest BCUT2D eigenvalue weighted by Gasteiger charge is 2.18. The van der Waals surface area contributed by atoms with Gasteiger partial charge in [0.1, 0.15) is 43.9 Å². The van der Waals surface area contributed by atoms with Crippen molar-refractivity contribution in [3.63, 3.8) is 0 Å². The number of nitriles is 1. The molecule has 0 saturated carbocycles. The van der Waals surface area contributed by atoms with Gasteiger partial charge in [-0.1, -0.05) is 26.5 Å². The summed E-state index contributed by atoms with van der Waals surface area (Å²) < 4.78 is 26.0. The SMILES string of the molecule is C.C.CCOC(=O)c1cn[nH]c1I.CCOC(=O)c1cn[nH]c1N.Cc1cc(N)nc(C)c1CNC(=O)c1cn(Cc2cc(F)c3ncc(Cl)cc3c2)nc1C#N. The molecule has 0 spiro atoms. The van der Waals surface area contributed by atoms with E-state index in [1.165, 1.54) is 35.5 Å². The van der Waals surface area contributed by atoms with Crippen molar-refractivity contribution in [2.45, 2.75) is 55.6 Å². The summed E-state index contributed by atoms with van der Waals surface area (Å²) in [5, 5.41) is 29.7. The van der Waals surface area contributed by atoms with Crippen molar-refractivity contribution >= 4 is 74.6 Å². The summed E-state index contributed by atoms with van der Waals surface area (Å²) in [6.07, 6.45) is 5.65. The van der Waals surface area contributed by atoms with Gasteiger partial charge in [-0.2, -0.15) is 20.6 Å². The number of hydrogen-bond acceptors (Lipinski definition) is 13. The van der Waals surface area contributed by atoms with Crippen molar-refractivity contribution in [3.8, 4) is 6.07 Å². The smallest absolute Gasteiger partial charge is 0.343 e. The lowest BCUT2D eigenvalue weighted by Crippen LogP contribution is -2.24. The van der Waals surface area contributed by atoms with Crippen LogP contribution in [0.1, 0.15) is 87.9 Å². The Morgan fingerprint density at radius 2 is 1.63 bits per heavy atom. The molecule has 0 radical (unpaired) electrons. The fourth-order valence-corrected chi connectivity index (χ4v) is 5.64. The molecule has 0 atom stereocenters. The number of aromatic amines is 2. The fraction of sp³-hybridized carbons (Fsp3) is 0.270. The van der Waals surface area contributed by atoms with Crippen molar-refractivity contribution in [1.82, 2.24) is 45.5 Å². The number of nitrogens with one attached hydrogen (secondary N) is 3. The second-order valence-corrected chi connectivity index (χ2v) is 12.9. The zero-order chi connectivity index (χ0) is 40.2. The molecule has 1 aromatic carbocycles. The molecule has 0 bridgehead atoms. The average molecular weight is 917 g/mol. The van der Waals surface area contributed by atoms with E-state index >= 15 is 0 Å². The predicted octanol–water partition coefficient (Wildman–Crippen LogP) is 6.30. The molecule has 1 amide bonds. The molecule has 57 heavy (non-hydrogen) atoms. The van der Waals surface area contributed by atoms with Gasteiger partial charge < -0.3 is 26.3 Å². The van der Waals surface area contributed by atoms with Gasteiger partial charge >= 0.3 is 11.9 Å². The minimum Gasteiger partial charge on any atom is -0.462 e. The summed E-state index contributed by atoms with van der Waals surface area (Å²) >= 11 is 7.96. The van der Waals surface area contributed by atoms with Crippen molar-refractivity contribution in [2.75, 3.05) is 24.7 Å². The van der Waals surface area contributed by atoms with Gasteiger partial charge in [-0.05, 0) is 91.2 Å². The largest absolute Gasteiger partial charge is 0.462 e. The molecule has 0 aliphatic rings. The van der Waals surface area contributed by atoms with E-state index in [0.29, 0.717) is 44.3 Å². The maximum absolute atomic E-state index is 14.4. The minimum atomic E-state index is -0.493. The molecular weight excluding hydrogens is 874 g/mol. The number of nitrogens with two attached hydrogens (primary N) is 2. The third kappa shape index (κ3) is 12.4. The van der Waals surface area contributed by atoms with Crippen LogP contribution in [-0.4, -0.2) is 71.2 Å². The first-order chi connectivity index (χ1) is 26.3. The van der Waals surface area contributed by atoms with Gasteiger partial charge in [-0.25, -0.2) is 19.0 Å². The first kappa shape index (κ1) is 47.0. The average Bonchev–Trinajstić information content (AvgIpc) is 3.88. The first-order valence-corrected chi connectivity index (χ1v) is 17.8. The molecule has 0 aliphatic heterocycles. The normalized spacial score (nSPS) is 10.0. The summed E-state index contributed by atoms with van der Waals surface area (Å²) in [6, 6.07) is 8.38. The fourth-order valence-electron chi connectivity index (χ4n) is 4.97. The number of H-pyrrole nitrogens is 2. The molecule has 0 aliphatic carbocycles. The van der Waals surface area contributed by atoms with Crippen LogP contribution in [0.5, 0.6) is 0 Å². The number of aryl methyl sites for hydroxylation is 2. The van der Waals surface area contributed by atoms with Crippen LogP contribution in [0.3, 0.4) is 0 Å². The zero-order valence-electron chi connectivity index (χ0n) is 29.9. The molecule has 0 saturated heterocycles. The Balaban J connectivity index is 0.000000382. The number of amides is 1. The lowest BCUT2D eigenvalue weighted by Gasteiger charge is -2.11. The van der Waals surface area contributed by atoms with E-state index in [9.17, 15) is 24.0 Å². The van der Waals surface area contributed by atoms with Gasteiger partial charge in [0.2, 0.25) is 0 Å². The van der Waals surface area contributed by atoms with Crippen LogP contribution < -0.4 is 16.8 Å². The number of nitrogens with zero attached hydrogens (tertiary/aromatic N) is 7. The highest BCUT2D eigenvalue weighted by atomic mass is 127. The molecule has 7 N–H and O–H groups in total. The molecule has 0 unspecified atom stereocenters. The van der Waals surface area contributed by atoms with Crippen LogP contribution in [0.25, 0.3) is 10.9 Å². The Labute approximate surface area is 346 Å². The van der Waals surface area contributed by atoms with Crippen LogP contribution in [0.15, 0.2) is 49.1 Å². The summed E-state index contributed by atoms with van der Waals surface area (Å²) in [4.78, 5) is 43.0. The van der Waals surface area contributed by atoms with Gasteiger partial charge in [0.05, 0.1) is 42.7 Å². The van der Waals surface area contributed by atoms with Gasteiger partial charge in [-0.3, -0.25) is 24.7 Å². The molecule has 6 rings (SSSR count). The third-order valence-electron chi connectivity index (χ3n) is 7.47. The number of ether oxygens (including phenoxy) is 2. The second kappa shape index (κ2) is 21.8. The highest BCUT2D eigenvalue weighted by molar-refractivity contribution is 14.1. The van der Waals surface area contributed by atoms with Crippen molar-refractivity contribution in [1.29, 1.82) is 5.26 Å². The summed E-state index contributed by atoms with van der Waals surface area (Å²) in [5.41, 5.74) is 15.3. The molecular formula is C37H43ClFIN12O5. The summed E-state index contributed by atoms with van der Waals surface area (Å²) in [5.74, 6) is -1.06. The number of aromatic nitrogens is 8. The van der Waals surface area contributed by atoms with Gasteiger partial charge in [0, 0.05) is 30.0 Å². The first-order valence-electron chi connectivity index (χ1n) is 16.3. The topological polar surface area (TPSA) is 258 Å². The predicted molar refractivity (Wildman–Crippen MR) is 222 cm³/mol. The molecule has 5 heterocycles. The molecule has 5 aromatic heterocycles. The van der Waals surface area contributed by atoms with E-state index in [2.05, 4.69) is 45.5 Å². The zero-order valence-corrected chi connectivity index (χ0v) is 32.8. The third-order valence-corrected chi connectivity index (χ3v) is 8.50. The van der Waals surface area contributed by atoms with Crippen molar-refractivity contribution < 1.29 is 28.2 Å². The van der Waals surface area contributed by atoms with Crippen molar-refractivity contribution in [2.24, 2.45) is 0 Å². The van der Waals surface area contributed by atoms with E-state index < -0.39 is 17.7 Å². The molecule has 302 valence electrons. The number of anilines is 2. The Morgan fingerprint density at radius 3 is 2.21 bits per heavy atom. The van der Waals surface area contributed by atoms with Crippen LogP contribution >= 0.6 is 34.2 Å². The number of esters is 2. The number of fused-ring (bicyclic) bond motifs is 1. The van der Waals surface area contributed by atoms with E-state index in [1.807, 2.05) is 42.5 Å². The van der Waals surface area contributed by atoms with Crippen LogP contribution in [-0.2, 0) is 22.6 Å². The number of rotatable bonds is 9. The lowest BCUT2D eigenvalue weighted by molar-refractivity contribution is 0.0516. The maximum Gasteiger partial charge on any atom is 0.343 e. The highest BCUT2D eigenvalue weighted by Crippen LogP contribution is 2.22. The van der Waals surface area contributed by atoms with Crippen molar-refractivity contribution in [3.05, 3.63) is 108 Å². The number of halogens is 3. The maximum atomic E-state index is 14.4. The Hall–Kier alpha value is -6.14. The van der Waals surface area contributed by atoms with Crippen LogP contribution in [0, 0.1) is 34.7 Å². The molecule has 20 heteroatoms. The number of nitrogen functional groups attached to an aromatic ring is 2. The van der Waals surface area contributed by atoms with Crippen LogP contribution in [0.2, 0.25) is 5.02 Å². The number of hydrogen-bond donors (Lipinski definition) is 5. The number of benzene rings is 1. The van der Waals surface area contributed by atoms with E-state index in [4.69, 9.17) is 27.8 Å². The summed E-state index contributed by atoms with van der Waals surface area (Å²) in [7, 11) is 0. The standard InChI is InChI=1S/C23H19ClFN7O.C6H7IN2O2.C6H9N3O2.2CH4/c1-12-3-21(27)30-13(2)17(12)9-29-23(33)18-11-32(31-20(18)7-26)10-14-4-15-6-16(24)8-28-22(15)19(25)5-14;2*1-2-11-6(10)4-3-8-9-5(4)7;;/h3-6,8,11H,9-10H2,1-2H3,(H2,27,30)(H,29,33);3H,2H2,1H3,(H,8,9);3H,2H2,1H3,(H3,7,8,9);2*1H4. The van der Waals surface area contributed by atoms with Crippen LogP contribution in [0.4, 0.5) is 16.0 Å². The second-order valence-electron chi connectivity index (χ2n) is 11.4. The minimum absolute atomic E-state index is 0. The van der Waals surface area contributed by atoms with E-state index in [-0.39, 0.29) is 62.1 Å². The number of pyridine rings is 2.